The van der Waals surface area contributed by atoms with Gasteiger partial charge in [0.05, 0.1) is 7.11 Å². The molecule has 17 heavy (non-hydrogen) atoms. The molecule has 2 aromatic rings. The zero-order chi connectivity index (χ0) is 12.4. The molecule has 0 aliphatic heterocycles. The molecule has 2 rings (SSSR count). The lowest BCUT2D eigenvalue weighted by Crippen LogP contribution is -1.93. The van der Waals surface area contributed by atoms with Crippen LogP contribution in [0.4, 0.5) is 5.69 Å². The summed E-state index contributed by atoms with van der Waals surface area (Å²) in [5.41, 5.74) is 11.3. The number of anilines is 1. The summed E-state index contributed by atoms with van der Waals surface area (Å²) in [6, 6.07) is 12.1. The maximum atomic E-state index is 5.85. The highest BCUT2D eigenvalue weighted by atomic mass is 16.5. The smallest absolute Gasteiger partial charge is 0.126 e. The topological polar surface area (TPSA) is 35.2 Å². The largest absolute Gasteiger partial charge is 0.496 e. The Bertz CT molecular complexity index is 547. The van der Waals surface area contributed by atoms with E-state index in [1.54, 1.807) is 7.11 Å². The van der Waals surface area contributed by atoms with Crippen molar-refractivity contribution in [2.24, 2.45) is 0 Å². The third-order valence-corrected chi connectivity index (χ3v) is 2.91. The molecule has 0 aliphatic rings. The van der Waals surface area contributed by atoms with E-state index < -0.39 is 0 Å². The number of methoxy groups -OCH3 is 1. The molecule has 88 valence electrons. The van der Waals surface area contributed by atoms with Gasteiger partial charge in [-0.3, -0.25) is 0 Å². The van der Waals surface area contributed by atoms with Crippen molar-refractivity contribution in [2.75, 3.05) is 12.8 Å². The molecule has 2 aromatic carbocycles. The van der Waals surface area contributed by atoms with Gasteiger partial charge in [0.15, 0.2) is 0 Å². The Labute approximate surface area is 102 Å². The number of rotatable bonds is 2. The number of hydrogen-bond acceptors (Lipinski definition) is 2. The van der Waals surface area contributed by atoms with E-state index in [0.29, 0.717) is 0 Å². The molecule has 0 aliphatic carbocycles. The van der Waals surface area contributed by atoms with Crippen molar-refractivity contribution in [3.63, 3.8) is 0 Å². The van der Waals surface area contributed by atoms with E-state index >= 15 is 0 Å². The van der Waals surface area contributed by atoms with Gasteiger partial charge in [0.1, 0.15) is 5.75 Å². The first kappa shape index (κ1) is 11.5. The second-order valence-electron chi connectivity index (χ2n) is 4.28. The molecule has 0 atom stereocenters. The van der Waals surface area contributed by atoms with Crippen LogP contribution in [0.25, 0.3) is 11.1 Å². The predicted octanol–water partition coefficient (Wildman–Crippen LogP) is 3.56. The summed E-state index contributed by atoms with van der Waals surface area (Å²) in [6.45, 7) is 4.18. The minimum absolute atomic E-state index is 0.752. The molecule has 2 nitrogen and oxygen atoms in total. The van der Waals surface area contributed by atoms with Crippen LogP contribution in [0, 0.1) is 13.8 Å². The lowest BCUT2D eigenvalue weighted by Gasteiger charge is -2.12. The fourth-order valence-corrected chi connectivity index (χ4v) is 1.96. The first-order valence-corrected chi connectivity index (χ1v) is 5.63. The first-order chi connectivity index (χ1) is 8.11. The standard InChI is InChI=1S/C15H17NO/c1-10-4-5-11(2)13(8-10)14-9-12(16)6-7-15(14)17-3/h4-9H,16H2,1-3H3. The van der Waals surface area contributed by atoms with Gasteiger partial charge in [0, 0.05) is 11.3 Å². The molecule has 0 unspecified atom stereocenters. The fraction of sp³-hybridized carbons (Fsp3) is 0.200. The third kappa shape index (κ3) is 2.26. The molecule has 0 bridgehead atoms. The molecule has 0 saturated heterocycles. The first-order valence-electron chi connectivity index (χ1n) is 5.63. The van der Waals surface area contributed by atoms with Gasteiger partial charge in [-0.15, -0.1) is 0 Å². The third-order valence-electron chi connectivity index (χ3n) is 2.91. The number of ether oxygens (including phenoxy) is 1. The van der Waals surface area contributed by atoms with Crippen molar-refractivity contribution >= 4 is 5.69 Å². The number of nitrogen functional groups attached to an aromatic ring is 1. The van der Waals surface area contributed by atoms with E-state index in [9.17, 15) is 0 Å². The SMILES string of the molecule is COc1ccc(N)cc1-c1cc(C)ccc1C. The summed E-state index contributed by atoms with van der Waals surface area (Å²) in [5, 5.41) is 0. The molecule has 0 heterocycles. The zero-order valence-corrected chi connectivity index (χ0v) is 10.4. The summed E-state index contributed by atoms with van der Waals surface area (Å²) in [4.78, 5) is 0. The normalized spacial score (nSPS) is 10.3. The van der Waals surface area contributed by atoms with Crippen LogP contribution in [0.5, 0.6) is 5.75 Å². The maximum Gasteiger partial charge on any atom is 0.126 e. The number of aryl methyl sites for hydroxylation is 2. The van der Waals surface area contributed by atoms with Crippen LogP contribution in [0.1, 0.15) is 11.1 Å². The van der Waals surface area contributed by atoms with Crippen molar-refractivity contribution < 1.29 is 4.74 Å². The number of hydrogen-bond donors (Lipinski definition) is 1. The van der Waals surface area contributed by atoms with Crippen molar-refractivity contribution in [3.05, 3.63) is 47.5 Å². The fourth-order valence-electron chi connectivity index (χ4n) is 1.96. The summed E-state index contributed by atoms with van der Waals surface area (Å²) in [6.07, 6.45) is 0. The Balaban J connectivity index is 2.66. The van der Waals surface area contributed by atoms with Gasteiger partial charge in [-0.05, 0) is 43.2 Å². The lowest BCUT2D eigenvalue weighted by atomic mass is 9.97. The van der Waals surface area contributed by atoms with Gasteiger partial charge in [-0.1, -0.05) is 23.8 Å². The average Bonchev–Trinajstić information content (AvgIpc) is 2.32. The average molecular weight is 227 g/mol. The van der Waals surface area contributed by atoms with E-state index in [-0.39, 0.29) is 0 Å². The van der Waals surface area contributed by atoms with Crippen LogP contribution in [-0.4, -0.2) is 7.11 Å². The quantitative estimate of drug-likeness (QED) is 0.796. The molecular formula is C15H17NO. The summed E-state index contributed by atoms with van der Waals surface area (Å²) < 4.78 is 5.39. The summed E-state index contributed by atoms with van der Waals surface area (Å²) >= 11 is 0. The van der Waals surface area contributed by atoms with Crippen molar-refractivity contribution in [1.82, 2.24) is 0 Å². The molecular weight excluding hydrogens is 210 g/mol. The highest BCUT2D eigenvalue weighted by molar-refractivity contribution is 5.76. The molecule has 0 aromatic heterocycles. The van der Waals surface area contributed by atoms with E-state index in [1.807, 2.05) is 18.2 Å². The van der Waals surface area contributed by atoms with Gasteiger partial charge < -0.3 is 10.5 Å². The van der Waals surface area contributed by atoms with Crippen LogP contribution < -0.4 is 10.5 Å². The molecule has 0 spiro atoms. The molecule has 0 amide bonds. The van der Waals surface area contributed by atoms with E-state index in [1.165, 1.54) is 16.7 Å². The van der Waals surface area contributed by atoms with Crippen molar-refractivity contribution in [1.29, 1.82) is 0 Å². The lowest BCUT2D eigenvalue weighted by molar-refractivity contribution is 0.416. The van der Waals surface area contributed by atoms with Crippen LogP contribution in [-0.2, 0) is 0 Å². The Hall–Kier alpha value is -1.96. The van der Waals surface area contributed by atoms with Gasteiger partial charge in [-0.2, -0.15) is 0 Å². The highest BCUT2D eigenvalue weighted by Gasteiger charge is 2.08. The minimum Gasteiger partial charge on any atom is -0.496 e. The Morgan fingerprint density at radius 2 is 1.71 bits per heavy atom. The van der Waals surface area contributed by atoms with Crippen LogP contribution >= 0.6 is 0 Å². The van der Waals surface area contributed by atoms with Gasteiger partial charge in [0.2, 0.25) is 0 Å². The summed E-state index contributed by atoms with van der Waals surface area (Å²) in [5.74, 6) is 0.855. The van der Waals surface area contributed by atoms with Crippen LogP contribution in [0.3, 0.4) is 0 Å². The predicted molar refractivity (Wildman–Crippen MR) is 72.3 cm³/mol. The number of benzene rings is 2. The van der Waals surface area contributed by atoms with Crippen molar-refractivity contribution in [2.45, 2.75) is 13.8 Å². The van der Waals surface area contributed by atoms with E-state index in [4.69, 9.17) is 10.5 Å². The maximum absolute atomic E-state index is 5.85. The minimum atomic E-state index is 0.752. The van der Waals surface area contributed by atoms with E-state index in [0.717, 1.165) is 17.0 Å². The molecule has 2 N–H and O–H groups in total. The Kier molecular flexibility index (Phi) is 3.05. The molecule has 0 saturated carbocycles. The van der Waals surface area contributed by atoms with Crippen LogP contribution in [0.2, 0.25) is 0 Å². The monoisotopic (exact) mass is 227 g/mol. The molecule has 0 radical (unpaired) electrons. The van der Waals surface area contributed by atoms with E-state index in [2.05, 4.69) is 32.0 Å². The van der Waals surface area contributed by atoms with Crippen LogP contribution in [0.15, 0.2) is 36.4 Å². The Morgan fingerprint density at radius 1 is 0.941 bits per heavy atom. The Morgan fingerprint density at radius 3 is 2.41 bits per heavy atom. The van der Waals surface area contributed by atoms with Gasteiger partial charge in [-0.25, -0.2) is 0 Å². The van der Waals surface area contributed by atoms with Gasteiger partial charge >= 0.3 is 0 Å². The van der Waals surface area contributed by atoms with Crippen molar-refractivity contribution in [3.8, 4) is 16.9 Å². The molecule has 2 heteroatoms. The second-order valence-corrected chi connectivity index (χ2v) is 4.28. The molecule has 0 fully saturated rings. The van der Waals surface area contributed by atoms with Gasteiger partial charge in [0.25, 0.3) is 0 Å². The summed E-state index contributed by atoms with van der Waals surface area (Å²) in [7, 11) is 1.68. The number of nitrogens with two attached hydrogens (primary N) is 1. The highest BCUT2D eigenvalue weighted by Crippen LogP contribution is 2.34. The zero-order valence-electron chi connectivity index (χ0n) is 10.4. The second kappa shape index (κ2) is 4.50.